The molecule has 114 valence electrons. The molecule has 0 saturated heterocycles. The Morgan fingerprint density at radius 2 is 1.85 bits per heavy atom. The van der Waals surface area contributed by atoms with Gasteiger partial charge in [-0.3, -0.25) is 4.79 Å². The zero-order valence-electron chi connectivity index (χ0n) is 12.5. The van der Waals surface area contributed by atoms with Gasteiger partial charge < -0.3 is 15.8 Å². The van der Waals surface area contributed by atoms with Gasteiger partial charge in [0.1, 0.15) is 5.41 Å². The first-order valence-corrected chi connectivity index (χ1v) is 7.84. The molecule has 2 fully saturated rings. The number of amides is 1. The molecule has 3 N–H and O–H groups in total. The molecule has 0 aromatic heterocycles. The van der Waals surface area contributed by atoms with Crippen molar-refractivity contribution in [2.75, 3.05) is 13.6 Å². The lowest BCUT2D eigenvalue weighted by atomic mass is 9.72. The molecule has 5 nitrogen and oxygen atoms in total. The lowest BCUT2D eigenvalue weighted by Gasteiger charge is -2.38. The smallest absolute Gasteiger partial charge is 0.236 e. The summed E-state index contributed by atoms with van der Waals surface area (Å²) in [5, 5.41) is 12.2. The topological polar surface area (TPSA) is 78.9 Å². The minimum Gasteiger partial charge on any atom is -0.409 e. The van der Waals surface area contributed by atoms with E-state index in [4.69, 9.17) is 10.9 Å². The number of carbonyl (C=O) groups is 1. The highest BCUT2D eigenvalue weighted by Crippen LogP contribution is 2.38. The Morgan fingerprint density at radius 3 is 2.40 bits per heavy atom. The van der Waals surface area contributed by atoms with Crippen molar-refractivity contribution in [2.24, 2.45) is 22.2 Å². The van der Waals surface area contributed by atoms with Gasteiger partial charge >= 0.3 is 0 Å². The Hall–Kier alpha value is -1.26. The van der Waals surface area contributed by atoms with E-state index in [-0.39, 0.29) is 11.7 Å². The second kappa shape index (κ2) is 6.46. The molecule has 2 aliphatic carbocycles. The fourth-order valence-corrected chi connectivity index (χ4v) is 3.86. The van der Waals surface area contributed by atoms with Gasteiger partial charge in [0.2, 0.25) is 5.91 Å². The van der Waals surface area contributed by atoms with Crippen LogP contribution in [0.4, 0.5) is 0 Å². The summed E-state index contributed by atoms with van der Waals surface area (Å²) < 4.78 is 0. The maximum absolute atomic E-state index is 12.9. The Bertz CT molecular complexity index is 369. The number of hydrogen-bond acceptors (Lipinski definition) is 3. The average Bonchev–Trinajstić information content (AvgIpc) is 2.99. The normalized spacial score (nSPS) is 23.8. The van der Waals surface area contributed by atoms with Crippen LogP contribution in [0.15, 0.2) is 5.16 Å². The lowest BCUT2D eigenvalue weighted by molar-refractivity contribution is -0.139. The number of amidine groups is 1. The first-order chi connectivity index (χ1) is 9.60. The third-order valence-electron chi connectivity index (χ3n) is 5.07. The third-order valence-corrected chi connectivity index (χ3v) is 5.07. The van der Waals surface area contributed by atoms with E-state index in [1.165, 1.54) is 25.7 Å². The summed E-state index contributed by atoms with van der Waals surface area (Å²) >= 11 is 0. The second-order valence-electron chi connectivity index (χ2n) is 6.46. The van der Waals surface area contributed by atoms with E-state index < -0.39 is 5.41 Å². The first kappa shape index (κ1) is 15.1. The third kappa shape index (κ3) is 2.91. The van der Waals surface area contributed by atoms with Crippen molar-refractivity contribution < 1.29 is 10.0 Å². The van der Waals surface area contributed by atoms with Gasteiger partial charge in [-0.05, 0) is 31.6 Å². The molecule has 0 spiro atoms. The van der Waals surface area contributed by atoms with Crippen LogP contribution in [0.2, 0.25) is 0 Å². The van der Waals surface area contributed by atoms with Gasteiger partial charge in [-0.1, -0.05) is 37.3 Å². The van der Waals surface area contributed by atoms with Crippen LogP contribution in [0.25, 0.3) is 0 Å². The lowest BCUT2D eigenvalue weighted by Crippen LogP contribution is -2.52. The van der Waals surface area contributed by atoms with Crippen LogP contribution in [-0.2, 0) is 4.79 Å². The highest BCUT2D eigenvalue weighted by atomic mass is 16.4. The Labute approximate surface area is 121 Å². The molecule has 2 rings (SSSR count). The van der Waals surface area contributed by atoms with Crippen molar-refractivity contribution in [1.29, 1.82) is 0 Å². The van der Waals surface area contributed by atoms with E-state index in [1.807, 2.05) is 11.9 Å². The van der Waals surface area contributed by atoms with Gasteiger partial charge in [0, 0.05) is 13.6 Å². The molecule has 0 atom stereocenters. The molecule has 0 aliphatic heterocycles. The minimum atomic E-state index is -0.764. The van der Waals surface area contributed by atoms with Crippen LogP contribution in [0.3, 0.4) is 0 Å². The highest BCUT2D eigenvalue weighted by molar-refractivity contribution is 6.06. The average molecular weight is 281 g/mol. The van der Waals surface area contributed by atoms with Gasteiger partial charge in [0.15, 0.2) is 5.84 Å². The van der Waals surface area contributed by atoms with Gasteiger partial charge in [-0.15, -0.1) is 0 Å². The van der Waals surface area contributed by atoms with Gasteiger partial charge in [0.05, 0.1) is 0 Å². The van der Waals surface area contributed by atoms with E-state index in [0.717, 1.165) is 25.8 Å². The van der Waals surface area contributed by atoms with Crippen LogP contribution >= 0.6 is 0 Å². The summed E-state index contributed by atoms with van der Waals surface area (Å²) in [6.45, 7) is 0.805. The fraction of sp³-hybridized carbons (Fsp3) is 0.867. The SMILES string of the molecule is CN(CC1CCCC1)C(=O)C1(C(N)=NO)CCCCC1. The highest BCUT2D eigenvalue weighted by Gasteiger charge is 2.45. The molecule has 20 heavy (non-hydrogen) atoms. The van der Waals surface area contributed by atoms with Crippen LogP contribution in [0.5, 0.6) is 0 Å². The predicted molar refractivity (Wildman–Crippen MR) is 78.5 cm³/mol. The summed E-state index contributed by atoms with van der Waals surface area (Å²) in [7, 11) is 1.86. The van der Waals surface area contributed by atoms with Crippen LogP contribution in [0, 0.1) is 11.3 Å². The van der Waals surface area contributed by atoms with Gasteiger partial charge in [-0.2, -0.15) is 0 Å². The van der Waals surface area contributed by atoms with Gasteiger partial charge in [0.25, 0.3) is 0 Å². The number of hydrogen-bond donors (Lipinski definition) is 2. The van der Waals surface area contributed by atoms with E-state index in [0.29, 0.717) is 18.8 Å². The van der Waals surface area contributed by atoms with Crippen molar-refractivity contribution >= 4 is 11.7 Å². The van der Waals surface area contributed by atoms with Crippen LogP contribution < -0.4 is 5.73 Å². The van der Waals surface area contributed by atoms with E-state index in [1.54, 1.807) is 0 Å². The molecule has 0 aromatic carbocycles. The maximum atomic E-state index is 12.9. The van der Waals surface area contributed by atoms with Crippen molar-refractivity contribution in [3.8, 4) is 0 Å². The maximum Gasteiger partial charge on any atom is 0.236 e. The first-order valence-electron chi connectivity index (χ1n) is 7.84. The van der Waals surface area contributed by atoms with Crippen molar-refractivity contribution in [2.45, 2.75) is 57.8 Å². The number of nitrogens with zero attached hydrogens (tertiary/aromatic N) is 2. The Kier molecular flexibility index (Phi) is 4.89. The summed E-state index contributed by atoms with van der Waals surface area (Å²) in [5.41, 5.74) is 5.12. The number of nitrogens with two attached hydrogens (primary N) is 1. The molecule has 0 bridgehead atoms. The Balaban J connectivity index is 2.09. The van der Waals surface area contributed by atoms with Crippen LogP contribution in [-0.4, -0.2) is 35.4 Å². The summed E-state index contributed by atoms with van der Waals surface area (Å²) in [6.07, 6.45) is 9.46. The van der Waals surface area contributed by atoms with Crippen molar-refractivity contribution in [1.82, 2.24) is 4.90 Å². The standard InChI is InChI=1S/C15H27N3O2/c1-18(11-12-7-3-4-8-12)14(19)15(13(16)17-20)9-5-2-6-10-15/h12,20H,2-11H2,1H3,(H2,16,17). The zero-order valence-corrected chi connectivity index (χ0v) is 12.5. The summed E-state index contributed by atoms with van der Waals surface area (Å²) in [6, 6.07) is 0. The summed E-state index contributed by atoms with van der Waals surface area (Å²) in [4.78, 5) is 14.7. The molecule has 0 unspecified atom stereocenters. The predicted octanol–water partition coefficient (Wildman–Crippen LogP) is 2.33. The molecule has 2 aliphatic rings. The monoisotopic (exact) mass is 281 g/mol. The quantitative estimate of drug-likeness (QED) is 0.359. The van der Waals surface area contributed by atoms with E-state index >= 15 is 0 Å². The minimum absolute atomic E-state index is 0.0411. The van der Waals surface area contributed by atoms with E-state index in [2.05, 4.69) is 5.16 Å². The zero-order chi connectivity index (χ0) is 14.6. The summed E-state index contributed by atoms with van der Waals surface area (Å²) in [5.74, 6) is 0.761. The molecule has 0 radical (unpaired) electrons. The molecule has 0 heterocycles. The Morgan fingerprint density at radius 1 is 1.25 bits per heavy atom. The van der Waals surface area contributed by atoms with Crippen LogP contribution in [0.1, 0.15) is 57.8 Å². The van der Waals surface area contributed by atoms with E-state index in [9.17, 15) is 4.79 Å². The molecule has 0 aromatic rings. The largest absolute Gasteiger partial charge is 0.409 e. The molecular weight excluding hydrogens is 254 g/mol. The number of rotatable bonds is 4. The molecule has 1 amide bonds. The van der Waals surface area contributed by atoms with Crippen molar-refractivity contribution in [3.63, 3.8) is 0 Å². The number of carbonyl (C=O) groups excluding carboxylic acids is 1. The molecule has 2 saturated carbocycles. The van der Waals surface area contributed by atoms with Crippen molar-refractivity contribution in [3.05, 3.63) is 0 Å². The molecule has 5 heteroatoms. The molecular formula is C15H27N3O2. The fourth-order valence-electron chi connectivity index (χ4n) is 3.86. The van der Waals surface area contributed by atoms with Gasteiger partial charge in [-0.25, -0.2) is 0 Å². The second-order valence-corrected chi connectivity index (χ2v) is 6.46. The number of oxime groups is 1.